The molecule has 4 heteroatoms. The summed E-state index contributed by atoms with van der Waals surface area (Å²) < 4.78 is 5.74. The summed E-state index contributed by atoms with van der Waals surface area (Å²) >= 11 is 0. The molecule has 0 saturated carbocycles. The Morgan fingerprint density at radius 3 is 2.20 bits per heavy atom. The Hall–Kier alpha value is -0.160. The first kappa shape index (κ1) is 17.9. The van der Waals surface area contributed by atoms with E-state index in [0.29, 0.717) is 12.0 Å². The maximum absolute atomic E-state index is 10.4. The van der Waals surface area contributed by atoms with Crippen LogP contribution in [0.5, 0.6) is 0 Å². The number of hydrogen-bond donors (Lipinski definition) is 1. The van der Waals surface area contributed by atoms with Crippen molar-refractivity contribution < 1.29 is 9.84 Å². The van der Waals surface area contributed by atoms with Crippen molar-refractivity contribution in [3.8, 4) is 0 Å². The Kier molecular flexibility index (Phi) is 7.45. The monoisotopic (exact) mass is 286 g/mol. The number of rotatable bonds is 7. The van der Waals surface area contributed by atoms with Gasteiger partial charge in [0.2, 0.25) is 0 Å². The Morgan fingerprint density at radius 2 is 1.75 bits per heavy atom. The third-order valence-corrected chi connectivity index (χ3v) is 4.36. The molecule has 0 spiro atoms. The second-order valence-corrected chi connectivity index (χ2v) is 6.70. The van der Waals surface area contributed by atoms with E-state index in [-0.39, 0.29) is 18.3 Å². The molecular weight excluding hydrogens is 252 g/mol. The molecule has 1 aliphatic rings. The molecule has 0 radical (unpaired) electrons. The first-order chi connectivity index (χ1) is 9.33. The van der Waals surface area contributed by atoms with Crippen LogP contribution in [0.4, 0.5) is 0 Å². The largest absolute Gasteiger partial charge is 0.390 e. The van der Waals surface area contributed by atoms with Crippen LogP contribution in [0.15, 0.2) is 0 Å². The molecule has 1 N–H and O–H groups in total. The maximum atomic E-state index is 10.4. The van der Waals surface area contributed by atoms with Gasteiger partial charge in [0.1, 0.15) is 0 Å². The lowest BCUT2D eigenvalue weighted by Crippen LogP contribution is -2.50. The van der Waals surface area contributed by atoms with Gasteiger partial charge < -0.3 is 9.84 Å². The van der Waals surface area contributed by atoms with Gasteiger partial charge in [-0.2, -0.15) is 0 Å². The van der Waals surface area contributed by atoms with Crippen molar-refractivity contribution >= 4 is 0 Å². The topological polar surface area (TPSA) is 35.9 Å². The fourth-order valence-corrected chi connectivity index (χ4v) is 3.06. The van der Waals surface area contributed by atoms with Crippen LogP contribution in [0.3, 0.4) is 0 Å². The number of likely N-dealkylation sites (N-methyl/N-ethyl adjacent to an activating group) is 1. The van der Waals surface area contributed by atoms with Gasteiger partial charge in [-0.3, -0.25) is 9.80 Å². The summed E-state index contributed by atoms with van der Waals surface area (Å²) in [5, 5.41) is 10.4. The molecule has 4 unspecified atom stereocenters. The molecule has 0 aromatic carbocycles. The quantitative estimate of drug-likeness (QED) is 0.774. The standard InChI is InChI=1S/C16H34N2O2/c1-7-18(15(6)12(2)3)11-16(19)10-17-8-13(4)20-14(5)9-17/h12-16,19H,7-11H2,1-6H3. The van der Waals surface area contributed by atoms with E-state index in [1.54, 1.807) is 0 Å². The minimum Gasteiger partial charge on any atom is -0.390 e. The van der Waals surface area contributed by atoms with Gasteiger partial charge in [0.15, 0.2) is 0 Å². The number of morpholine rings is 1. The zero-order valence-corrected chi connectivity index (χ0v) is 14.2. The van der Waals surface area contributed by atoms with E-state index in [9.17, 15) is 5.11 Å². The van der Waals surface area contributed by atoms with E-state index < -0.39 is 0 Å². The van der Waals surface area contributed by atoms with Crippen molar-refractivity contribution in [1.29, 1.82) is 0 Å². The summed E-state index contributed by atoms with van der Waals surface area (Å²) in [5.74, 6) is 0.616. The Balaban J connectivity index is 2.43. The molecule has 1 fully saturated rings. The van der Waals surface area contributed by atoms with Gasteiger partial charge in [-0.15, -0.1) is 0 Å². The van der Waals surface area contributed by atoms with E-state index in [2.05, 4.69) is 51.3 Å². The SMILES string of the molecule is CCN(CC(O)CN1CC(C)OC(C)C1)C(C)C(C)C. The molecule has 1 saturated heterocycles. The van der Waals surface area contributed by atoms with Crippen LogP contribution in [-0.2, 0) is 4.74 Å². The van der Waals surface area contributed by atoms with Gasteiger partial charge in [-0.05, 0) is 33.2 Å². The smallest absolute Gasteiger partial charge is 0.0793 e. The molecular formula is C16H34N2O2. The van der Waals surface area contributed by atoms with E-state index in [1.807, 2.05) is 0 Å². The van der Waals surface area contributed by atoms with Crippen LogP contribution in [0.1, 0.15) is 41.5 Å². The average molecular weight is 286 g/mol. The van der Waals surface area contributed by atoms with E-state index in [0.717, 1.165) is 32.7 Å². The zero-order chi connectivity index (χ0) is 15.3. The van der Waals surface area contributed by atoms with E-state index >= 15 is 0 Å². The molecule has 0 aromatic heterocycles. The number of aliphatic hydroxyl groups excluding tert-OH is 1. The molecule has 4 atom stereocenters. The minimum atomic E-state index is -0.284. The van der Waals surface area contributed by atoms with E-state index in [1.165, 1.54) is 0 Å². The molecule has 1 rings (SSSR count). The molecule has 0 bridgehead atoms. The molecule has 0 aliphatic carbocycles. The summed E-state index contributed by atoms with van der Waals surface area (Å²) in [6, 6.07) is 0.511. The fraction of sp³-hybridized carbons (Fsp3) is 1.00. The third kappa shape index (κ3) is 5.68. The Morgan fingerprint density at radius 1 is 1.20 bits per heavy atom. The van der Waals surface area contributed by atoms with Crippen LogP contribution < -0.4 is 0 Å². The molecule has 0 aromatic rings. The van der Waals surface area contributed by atoms with Crippen molar-refractivity contribution in [3.63, 3.8) is 0 Å². The predicted molar refractivity (Wildman–Crippen MR) is 84.0 cm³/mol. The second-order valence-electron chi connectivity index (χ2n) is 6.70. The highest BCUT2D eigenvalue weighted by Gasteiger charge is 2.25. The number of aliphatic hydroxyl groups is 1. The number of hydrogen-bond acceptors (Lipinski definition) is 4. The lowest BCUT2D eigenvalue weighted by molar-refractivity contribution is -0.0787. The third-order valence-electron chi connectivity index (χ3n) is 4.36. The van der Waals surface area contributed by atoms with Crippen molar-refractivity contribution in [2.75, 3.05) is 32.7 Å². The lowest BCUT2D eigenvalue weighted by atomic mass is 10.0. The highest BCUT2D eigenvalue weighted by Crippen LogP contribution is 2.13. The number of ether oxygens (including phenoxy) is 1. The predicted octanol–water partition coefficient (Wildman–Crippen LogP) is 1.82. The van der Waals surface area contributed by atoms with Gasteiger partial charge in [-0.25, -0.2) is 0 Å². The van der Waals surface area contributed by atoms with Crippen LogP contribution in [0.25, 0.3) is 0 Å². The van der Waals surface area contributed by atoms with Gasteiger partial charge in [0, 0.05) is 32.2 Å². The number of nitrogens with zero attached hydrogens (tertiary/aromatic N) is 2. The zero-order valence-electron chi connectivity index (χ0n) is 14.2. The Labute approximate surface area is 125 Å². The molecule has 120 valence electrons. The average Bonchev–Trinajstić information content (AvgIpc) is 2.33. The van der Waals surface area contributed by atoms with E-state index in [4.69, 9.17) is 4.74 Å². The summed E-state index contributed by atoms with van der Waals surface area (Å²) in [4.78, 5) is 4.71. The minimum absolute atomic E-state index is 0.266. The first-order valence-electron chi connectivity index (χ1n) is 8.13. The van der Waals surface area contributed by atoms with Crippen molar-refractivity contribution in [2.24, 2.45) is 5.92 Å². The lowest BCUT2D eigenvalue weighted by Gasteiger charge is -2.38. The first-order valence-corrected chi connectivity index (χ1v) is 8.13. The van der Waals surface area contributed by atoms with Crippen molar-refractivity contribution in [1.82, 2.24) is 9.80 Å². The van der Waals surface area contributed by atoms with Gasteiger partial charge in [0.05, 0.1) is 18.3 Å². The van der Waals surface area contributed by atoms with Crippen LogP contribution in [0, 0.1) is 5.92 Å². The van der Waals surface area contributed by atoms with Gasteiger partial charge in [0.25, 0.3) is 0 Å². The number of β-amino-alcohol motifs (C(OH)–C–C–N with tert-alkyl or cyclic N) is 1. The van der Waals surface area contributed by atoms with Crippen molar-refractivity contribution in [2.45, 2.75) is 65.9 Å². The maximum Gasteiger partial charge on any atom is 0.0793 e. The molecule has 4 nitrogen and oxygen atoms in total. The summed E-state index contributed by atoms with van der Waals surface area (Å²) in [5.41, 5.74) is 0. The molecule has 20 heavy (non-hydrogen) atoms. The van der Waals surface area contributed by atoms with Gasteiger partial charge in [-0.1, -0.05) is 20.8 Å². The van der Waals surface area contributed by atoms with Crippen molar-refractivity contribution in [3.05, 3.63) is 0 Å². The summed E-state index contributed by atoms with van der Waals surface area (Å²) in [6.07, 6.45) is 0.249. The summed E-state index contributed by atoms with van der Waals surface area (Å²) in [7, 11) is 0. The highest BCUT2D eigenvalue weighted by molar-refractivity contribution is 4.78. The molecule has 1 aliphatic heterocycles. The molecule has 1 heterocycles. The van der Waals surface area contributed by atoms with Crippen LogP contribution >= 0.6 is 0 Å². The van der Waals surface area contributed by atoms with Crippen LogP contribution in [-0.4, -0.2) is 72.0 Å². The molecule has 0 amide bonds. The Bertz CT molecular complexity index is 263. The second kappa shape index (κ2) is 8.32. The fourth-order valence-electron chi connectivity index (χ4n) is 3.06. The van der Waals surface area contributed by atoms with Crippen LogP contribution in [0.2, 0.25) is 0 Å². The van der Waals surface area contributed by atoms with Gasteiger partial charge >= 0.3 is 0 Å². The normalized spacial score (nSPS) is 28.1. The summed E-state index contributed by atoms with van der Waals surface area (Å²) in [6.45, 7) is 17.5. The highest BCUT2D eigenvalue weighted by atomic mass is 16.5.